The lowest BCUT2D eigenvalue weighted by Gasteiger charge is -2.11. The van der Waals surface area contributed by atoms with Crippen LogP contribution in [-0.4, -0.2) is 19.9 Å². The average Bonchev–Trinajstić information content (AvgIpc) is 3.50. The molecule has 0 spiro atoms. The van der Waals surface area contributed by atoms with Crippen LogP contribution in [0.1, 0.15) is 0 Å². The Balaban J connectivity index is 1.25. The number of nitrogens with zero attached hydrogens (tertiary/aromatic N) is 4. The predicted molar refractivity (Wildman–Crippen MR) is 187 cm³/mol. The summed E-state index contributed by atoms with van der Waals surface area (Å²) in [5.41, 5.74) is 6.32. The van der Waals surface area contributed by atoms with E-state index >= 15 is 0 Å². The highest BCUT2D eigenvalue weighted by Crippen LogP contribution is 2.41. The maximum absolute atomic E-state index is 5.15. The van der Waals surface area contributed by atoms with Crippen LogP contribution in [0.5, 0.6) is 0 Å². The van der Waals surface area contributed by atoms with Crippen molar-refractivity contribution in [3.05, 3.63) is 146 Å². The van der Waals surface area contributed by atoms with Gasteiger partial charge >= 0.3 is 0 Å². The highest BCUT2D eigenvalue weighted by molar-refractivity contribution is 7.26. The highest BCUT2D eigenvalue weighted by Gasteiger charge is 2.18. The molecule has 6 aromatic carbocycles. The van der Waals surface area contributed by atoms with Crippen molar-refractivity contribution < 1.29 is 0 Å². The van der Waals surface area contributed by atoms with Crippen LogP contribution < -0.4 is 0 Å². The number of pyridine rings is 1. The van der Waals surface area contributed by atoms with Crippen molar-refractivity contribution in [2.45, 2.75) is 0 Å². The number of thiophene rings is 1. The summed E-state index contributed by atoms with van der Waals surface area (Å²) in [4.78, 5) is 20.0. The van der Waals surface area contributed by atoms with E-state index in [1.165, 1.54) is 25.9 Å². The van der Waals surface area contributed by atoms with Crippen molar-refractivity contribution in [2.24, 2.45) is 0 Å². The molecule has 9 aromatic rings. The van der Waals surface area contributed by atoms with Gasteiger partial charge in [0.2, 0.25) is 0 Å². The Bertz CT molecular complexity index is 2540. The minimum absolute atomic E-state index is 0.648. The van der Waals surface area contributed by atoms with E-state index in [0.29, 0.717) is 17.5 Å². The predicted octanol–water partition coefficient (Wildman–Crippen LogP) is 10.6. The molecule has 3 aromatic heterocycles. The Morgan fingerprint density at radius 2 is 1.11 bits per heavy atom. The van der Waals surface area contributed by atoms with Gasteiger partial charge in [0, 0.05) is 38.4 Å². The van der Waals surface area contributed by atoms with Crippen LogP contribution in [-0.2, 0) is 0 Å². The van der Waals surface area contributed by atoms with Crippen molar-refractivity contribution in [3.8, 4) is 45.3 Å². The number of hydrogen-bond donors (Lipinski definition) is 0. The first-order chi connectivity index (χ1) is 22.3. The largest absolute Gasteiger partial charge is 0.255 e. The molecule has 0 amide bonds. The second-order valence-corrected chi connectivity index (χ2v) is 12.2. The number of rotatable bonds is 4. The third-order valence-corrected chi connectivity index (χ3v) is 9.53. The molecular formula is C40H24N4S. The Morgan fingerprint density at radius 3 is 1.91 bits per heavy atom. The van der Waals surface area contributed by atoms with Gasteiger partial charge in [-0.05, 0) is 51.6 Å². The van der Waals surface area contributed by atoms with Crippen LogP contribution >= 0.6 is 11.3 Å². The first-order valence-electron chi connectivity index (χ1n) is 14.9. The van der Waals surface area contributed by atoms with Crippen molar-refractivity contribution >= 4 is 53.2 Å². The molecule has 0 aliphatic heterocycles. The molecule has 0 radical (unpaired) electrons. The summed E-state index contributed by atoms with van der Waals surface area (Å²) in [5.74, 6) is 1.95. The van der Waals surface area contributed by atoms with Gasteiger partial charge in [-0.25, -0.2) is 15.0 Å². The van der Waals surface area contributed by atoms with E-state index < -0.39 is 0 Å². The van der Waals surface area contributed by atoms with Crippen molar-refractivity contribution in [1.82, 2.24) is 19.9 Å². The molecule has 0 atom stereocenters. The van der Waals surface area contributed by atoms with E-state index in [1.807, 2.05) is 48.7 Å². The van der Waals surface area contributed by atoms with Crippen LogP contribution in [0.25, 0.3) is 87.1 Å². The maximum Gasteiger partial charge on any atom is 0.164 e. The van der Waals surface area contributed by atoms with Crippen LogP contribution in [0.3, 0.4) is 0 Å². The van der Waals surface area contributed by atoms with E-state index in [-0.39, 0.29) is 0 Å². The zero-order valence-corrected chi connectivity index (χ0v) is 24.9. The van der Waals surface area contributed by atoms with E-state index in [2.05, 4.69) is 97.1 Å². The van der Waals surface area contributed by atoms with Gasteiger partial charge in [0.25, 0.3) is 0 Å². The van der Waals surface area contributed by atoms with E-state index in [1.54, 1.807) is 11.3 Å². The minimum Gasteiger partial charge on any atom is -0.255 e. The lowest BCUT2D eigenvalue weighted by atomic mass is 9.99. The molecule has 0 bridgehead atoms. The summed E-state index contributed by atoms with van der Waals surface area (Å²) in [6.07, 6.45) is 1.86. The fourth-order valence-electron chi connectivity index (χ4n) is 6.15. The Kier molecular flexibility index (Phi) is 5.96. The van der Waals surface area contributed by atoms with Gasteiger partial charge in [-0.2, -0.15) is 0 Å². The zero-order valence-electron chi connectivity index (χ0n) is 24.1. The summed E-state index contributed by atoms with van der Waals surface area (Å²) in [6, 6.07) is 48.5. The van der Waals surface area contributed by atoms with Gasteiger partial charge in [-0.15, -0.1) is 11.3 Å². The Labute approximate surface area is 263 Å². The Hall–Kier alpha value is -5.78. The second kappa shape index (κ2) is 10.4. The molecule has 3 heterocycles. The molecule has 0 fully saturated rings. The SMILES string of the molecule is c1ccc(-c2ccc3cc(-c4nc(-c5ccccc5)nc(-c5cccc6ccc7c8ncccc8sc7c56)n4)ccc3c2)cc1. The summed E-state index contributed by atoms with van der Waals surface area (Å²) in [5, 5.41) is 5.75. The maximum atomic E-state index is 5.15. The van der Waals surface area contributed by atoms with Crippen LogP contribution in [0.15, 0.2) is 146 Å². The normalized spacial score (nSPS) is 11.6. The van der Waals surface area contributed by atoms with Crippen molar-refractivity contribution in [2.75, 3.05) is 0 Å². The molecule has 0 aliphatic rings. The third-order valence-electron chi connectivity index (χ3n) is 8.35. The van der Waals surface area contributed by atoms with E-state index in [4.69, 9.17) is 19.9 Å². The van der Waals surface area contributed by atoms with Gasteiger partial charge in [-0.3, -0.25) is 4.98 Å². The standard InChI is InChI=1S/C40H24N4S/c1-3-9-25(10-4-1)28-16-17-30-24-31(19-18-29(30)23-28)39-42-38(27-11-5-2-6-12-27)43-40(44-39)32-14-7-13-26-20-21-33-36-34(15-8-22-41-36)45-37(33)35(26)32/h1-24H. The summed E-state index contributed by atoms with van der Waals surface area (Å²) in [6.45, 7) is 0. The summed E-state index contributed by atoms with van der Waals surface area (Å²) in [7, 11) is 0. The quantitative estimate of drug-likeness (QED) is 0.204. The van der Waals surface area contributed by atoms with Gasteiger partial charge in [0.1, 0.15) is 0 Å². The molecule has 45 heavy (non-hydrogen) atoms. The molecule has 0 aliphatic carbocycles. The van der Waals surface area contributed by atoms with E-state index in [0.717, 1.165) is 43.8 Å². The molecular weight excluding hydrogens is 569 g/mol. The molecule has 9 rings (SSSR count). The first-order valence-corrected chi connectivity index (χ1v) is 15.7. The minimum atomic E-state index is 0.648. The second-order valence-electron chi connectivity index (χ2n) is 11.1. The van der Waals surface area contributed by atoms with Crippen molar-refractivity contribution in [3.63, 3.8) is 0 Å². The smallest absolute Gasteiger partial charge is 0.164 e. The van der Waals surface area contributed by atoms with E-state index in [9.17, 15) is 0 Å². The average molecular weight is 593 g/mol. The molecule has 210 valence electrons. The van der Waals surface area contributed by atoms with Crippen LogP contribution in [0.2, 0.25) is 0 Å². The third kappa shape index (κ3) is 4.44. The molecule has 0 saturated heterocycles. The summed E-state index contributed by atoms with van der Waals surface area (Å²) < 4.78 is 2.36. The lowest BCUT2D eigenvalue weighted by Crippen LogP contribution is -2.00. The fraction of sp³-hybridized carbons (Fsp3) is 0. The van der Waals surface area contributed by atoms with Crippen LogP contribution in [0.4, 0.5) is 0 Å². The molecule has 5 heteroatoms. The molecule has 0 unspecified atom stereocenters. The van der Waals surface area contributed by atoms with Gasteiger partial charge in [0.05, 0.1) is 10.2 Å². The van der Waals surface area contributed by atoms with Gasteiger partial charge in [0.15, 0.2) is 17.5 Å². The highest BCUT2D eigenvalue weighted by atomic mass is 32.1. The zero-order chi connectivity index (χ0) is 29.7. The number of benzene rings is 6. The number of fused-ring (bicyclic) bond motifs is 6. The lowest BCUT2D eigenvalue weighted by molar-refractivity contribution is 1.08. The van der Waals surface area contributed by atoms with Gasteiger partial charge in [-0.1, -0.05) is 115 Å². The molecule has 0 saturated carbocycles. The number of aromatic nitrogens is 4. The Morgan fingerprint density at radius 1 is 0.444 bits per heavy atom. The topological polar surface area (TPSA) is 51.6 Å². The number of hydrogen-bond acceptors (Lipinski definition) is 5. The molecule has 4 nitrogen and oxygen atoms in total. The van der Waals surface area contributed by atoms with Crippen molar-refractivity contribution in [1.29, 1.82) is 0 Å². The summed E-state index contributed by atoms with van der Waals surface area (Å²) >= 11 is 1.77. The van der Waals surface area contributed by atoms with Crippen LogP contribution in [0, 0.1) is 0 Å². The fourth-order valence-corrected chi connectivity index (χ4v) is 7.38. The monoisotopic (exact) mass is 592 g/mol. The molecule has 0 N–H and O–H groups in total. The first kappa shape index (κ1) is 25.7. The van der Waals surface area contributed by atoms with Gasteiger partial charge < -0.3 is 0 Å².